The lowest BCUT2D eigenvalue weighted by molar-refractivity contribution is -0.137. The van der Waals surface area contributed by atoms with Crippen molar-refractivity contribution in [2.45, 2.75) is 20.0 Å². The van der Waals surface area contributed by atoms with Crippen LogP contribution in [0.15, 0.2) is 92.5 Å². The number of benzene rings is 2. The number of ketones is 1. The van der Waals surface area contributed by atoms with Crippen LogP contribution in [0.2, 0.25) is 0 Å². The standard InChI is InChI=1S/C29H23FO7/c1-2-34-26(32)15-13-23-17-24(31)28(35-18-20-6-4-3-5-7-20)29(37-23)27(33)25-14-12-22(36-25)16-19-8-10-21(30)11-9-19/h3-15,17H,2,16,18H2,1H3. The van der Waals surface area contributed by atoms with Crippen LogP contribution in [0.25, 0.3) is 6.08 Å². The molecule has 0 saturated heterocycles. The Morgan fingerprint density at radius 3 is 2.43 bits per heavy atom. The third-order valence-corrected chi connectivity index (χ3v) is 5.20. The number of carbonyl (C=O) groups excluding carboxylic acids is 2. The number of rotatable bonds is 10. The minimum absolute atomic E-state index is 0.0257. The lowest BCUT2D eigenvalue weighted by atomic mass is 10.1. The first-order valence-corrected chi connectivity index (χ1v) is 11.5. The minimum atomic E-state index is -0.711. The molecular formula is C29H23FO7. The van der Waals surface area contributed by atoms with Gasteiger partial charge in [0.2, 0.25) is 16.9 Å². The smallest absolute Gasteiger partial charge is 0.330 e. The Hall–Kier alpha value is -4.72. The van der Waals surface area contributed by atoms with Crippen molar-refractivity contribution in [1.29, 1.82) is 0 Å². The molecule has 2 heterocycles. The molecule has 0 fully saturated rings. The maximum absolute atomic E-state index is 13.4. The molecule has 7 nitrogen and oxygen atoms in total. The second-order valence-electron chi connectivity index (χ2n) is 7.93. The summed E-state index contributed by atoms with van der Waals surface area (Å²) in [5, 5.41) is 0. The van der Waals surface area contributed by atoms with Crippen molar-refractivity contribution in [3.05, 3.63) is 129 Å². The lowest BCUT2D eigenvalue weighted by Crippen LogP contribution is -2.14. The Kier molecular flexibility index (Phi) is 8.10. The Morgan fingerprint density at radius 2 is 1.70 bits per heavy atom. The number of furan rings is 1. The van der Waals surface area contributed by atoms with Crippen molar-refractivity contribution in [2.75, 3.05) is 6.61 Å². The highest BCUT2D eigenvalue weighted by molar-refractivity contribution is 6.07. The van der Waals surface area contributed by atoms with Crippen molar-refractivity contribution in [1.82, 2.24) is 0 Å². The minimum Gasteiger partial charge on any atom is -0.481 e. The van der Waals surface area contributed by atoms with Gasteiger partial charge in [-0.1, -0.05) is 42.5 Å². The fourth-order valence-corrected chi connectivity index (χ4v) is 3.45. The molecule has 0 atom stereocenters. The zero-order valence-electron chi connectivity index (χ0n) is 19.9. The van der Waals surface area contributed by atoms with Crippen LogP contribution in [0.4, 0.5) is 4.39 Å². The van der Waals surface area contributed by atoms with E-state index in [-0.39, 0.29) is 42.1 Å². The summed E-state index contributed by atoms with van der Waals surface area (Å²) >= 11 is 0. The molecule has 0 amide bonds. The first-order valence-electron chi connectivity index (χ1n) is 11.5. The van der Waals surface area contributed by atoms with Gasteiger partial charge in [0, 0.05) is 18.6 Å². The fraction of sp³-hybridized carbons (Fsp3) is 0.138. The summed E-state index contributed by atoms with van der Waals surface area (Å²) < 4.78 is 35.1. The SMILES string of the molecule is CCOC(=O)C=Cc1cc(=O)c(OCc2ccccc2)c(C(=O)c2ccc(Cc3ccc(F)cc3)o2)o1. The van der Waals surface area contributed by atoms with Crippen LogP contribution in [0.1, 0.15) is 45.9 Å². The fourth-order valence-electron chi connectivity index (χ4n) is 3.45. The number of halogens is 1. The van der Waals surface area contributed by atoms with Crippen molar-refractivity contribution in [3.8, 4) is 5.75 Å². The summed E-state index contributed by atoms with van der Waals surface area (Å²) in [7, 11) is 0. The maximum atomic E-state index is 13.4. The van der Waals surface area contributed by atoms with Crippen molar-refractivity contribution >= 4 is 17.8 Å². The van der Waals surface area contributed by atoms with Gasteiger partial charge in [-0.3, -0.25) is 9.59 Å². The molecule has 188 valence electrons. The third kappa shape index (κ3) is 6.70. The Morgan fingerprint density at radius 1 is 0.946 bits per heavy atom. The predicted molar refractivity (Wildman–Crippen MR) is 133 cm³/mol. The van der Waals surface area contributed by atoms with Gasteiger partial charge in [-0.05, 0) is 48.4 Å². The van der Waals surface area contributed by atoms with E-state index in [0.717, 1.165) is 23.3 Å². The van der Waals surface area contributed by atoms with Gasteiger partial charge in [0.1, 0.15) is 23.9 Å². The first kappa shape index (κ1) is 25.4. The highest BCUT2D eigenvalue weighted by Crippen LogP contribution is 2.24. The van der Waals surface area contributed by atoms with E-state index in [1.54, 1.807) is 25.1 Å². The molecule has 4 aromatic rings. The monoisotopic (exact) mass is 502 g/mol. The van der Waals surface area contributed by atoms with Gasteiger partial charge in [0.15, 0.2) is 5.76 Å². The van der Waals surface area contributed by atoms with Crippen LogP contribution in [0.3, 0.4) is 0 Å². The van der Waals surface area contributed by atoms with Crippen molar-refractivity contribution < 1.29 is 32.3 Å². The average Bonchev–Trinajstić information content (AvgIpc) is 3.37. The van der Waals surface area contributed by atoms with E-state index in [1.165, 1.54) is 24.3 Å². The number of hydrogen-bond donors (Lipinski definition) is 0. The van der Waals surface area contributed by atoms with Crippen LogP contribution in [0, 0.1) is 5.82 Å². The number of carbonyl (C=O) groups is 2. The summed E-state index contributed by atoms with van der Waals surface area (Å²) in [6.07, 6.45) is 2.66. The predicted octanol–water partition coefficient (Wildman–Crippen LogP) is 5.35. The van der Waals surface area contributed by atoms with Crippen LogP contribution in [-0.2, 0) is 22.6 Å². The summed E-state index contributed by atoms with van der Waals surface area (Å²) in [5.74, 6) is -1.98. The Labute approximate surface area is 211 Å². The lowest BCUT2D eigenvalue weighted by Gasteiger charge is -2.10. The van der Waals surface area contributed by atoms with E-state index in [4.69, 9.17) is 18.3 Å². The van der Waals surface area contributed by atoms with E-state index in [0.29, 0.717) is 12.2 Å². The molecule has 37 heavy (non-hydrogen) atoms. The molecule has 2 aromatic heterocycles. The highest BCUT2D eigenvalue weighted by Gasteiger charge is 2.25. The van der Waals surface area contributed by atoms with Gasteiger partial charge in [0.05, 0.1) is 6.61 Å². The van der Waals surface area contributed by atoms with E-state index >= 15 is 0 Å². The van der Waals surface area contributed by atoms with Crippen molar-refractivity contribution in [3.63, 3.8) is 0 Å². The largest absolute Gasteiger partial charge is 0.481 e. The Balaban J connectivity index is 1.64. The van der Waals surface area contributed by atoms with E-state index < -0.39 is 17.2 Å². The molecule has 4 rings (SSSR count). The number of hydrogen-bond acceptors (Lipinski definition) is 7. The molecule has 0 saturated carbocycles. The third-order valence-electron chi connectivity index (χ3n) is 5.20. The number of esters is 1. The molecule has 0 spiro atoms. The van der Waals surface area contributed by atoms with Gasteiger partial charge in [-0.2, -0.15) is 0 Å². The van der Waals surface area contributed by atoms with Crippen LogP contribution in [0.5, 0.6) is 5.75 Å². The normalized spacial score (nSPS) is 11.0. The summed E-state index contributed by atoms with van der Waals surface area (Å²) in [5.41, 5.74) is 0.970. The molecule has 0 aliphatic carbocycles. The van der Waals surface area contributed by atoms with E-state index in [9.17, 15) is 18.8 Å². The van der Waals surface area contributed by atoms with Gasteiger partial charge in [0.25, 0.3) is 5.78 Å². The van der Waals surface area contributed by atoms with Crippen molar-refractivity contribution in [2.24, 2.45) is 0 Å². The molecule has 8 heteroatoms. The molecule has 0 bridgehead atoms. The Bertz CT molecular complexity index is 1460. The number of ether oxygens (including phenoxy) is 2. The zero-order chi connectivity index (χ0) is 26.2. The van der Waals surface area contributed by atoms with Gasteiger partial charge < -0.3 is 18.3 Å². The second kappa shape index (κ2) is 11.8. The molecule has 0 aliphatic rings. The summed E-state index contributed by atoms with van der Waals surface area (Å²) in [6.45, 7) is 1.87. The summed E-state index contributed by atoms with van der Waals surface area (Å²) in [4.78, 5) is 38.0. The van der Waals surface area contributed by atoms with Gasteiger partial charge in [-0.15, -0.1) is 0 Å². The molecule has 0 aliphatic heterocycles. The zero-order valence-corrected chi connectivity index (χ0v) is 19.9. The van der Waals surface area contributed by atoms with Gasteiger partial charge >= 0.3 is 5.97 Å². The molecule has 2 aromatic carbocycles. The molecule has 0 N–H and O–H groups in total. The molecule has 0 radical (unpaired) electrons. The van der Waals surface area contributed by atoms with Crippen LogP contribution < -0.4 is 10.2 Å². The van der Waals surface area contributed by atoms with Crippen LogP contribution >= 0.6 is 0 Å². The highest BCUT2D eigenvalue weighted by atomic mass is 19.1. The summed E-state index contributed by atoms with van der Waals surface area (Å²) in [6, 6.07) is 19.2. The first-order chi connectivity index (χ1) is 17.9. The molecule has 0 unspecified atom stereocenters. The van der Waals surface area contributed by atoms with E-state index in [2.05, 4.69) is 0 Å². The van der Waals surface area contributed by atoms with E-state index in [1.807, 2.05) is 30.3 Å². The average molecular weight is 502 g/mol. The molecular weight excluding hydrogens is 479 g/mol. The van der Waals surface area contributed by atoms with Gasteiger partial charge in [-0.25, -0.2) is 9.18 Å². The maximum Gasteiger partial charge on any atom is 0.330 e. The topological polar surface area (TPSA) is 96.0 Å². The van der Waals surface area contributed by atoms with Crippen LogP contribution in [-0.4, -0.2) is 18.4 Å². The quantitative estimate of drug-likeness (QED) is 0.164. The second-order valence-corrected chi connectivity index (χ2v) is 7.93.